The number of ether oxygens (including phenoxy) is 2. The number of amides is 2. The lowest BCUT2D eigenvalue weighted by Gasteiger charge is -2.13. The van der Waals surface area contributed by atoms with E-state index in [-0.39, 0.29) is 11.9 Å². The molecular formula is C31H30N4O4. The van der Waals surface area contributed by atoms with Gasteiger partial charge in [-0.15, -0.1) is 0 Å². The van der Waals surface area contributed by atoms with Gasteiger partial charge in [-0.1, -0.05) is 48.5 Å². The zero-order valence-corrected chi connectivity index (χ0v) is 22.2. The molecule has 4 aromatic rings. The molecule has 0 aromatic heterocycles. The van der Waals surface area contributed by atoms with Gasteiger partial charge >= 0.3 is 0 Å². The second-order valence-corrected chi connectivity index (χ2v) is 8.88. The van der Waals surface area contributed by atoms with E-state index in [1.54, 1.807) is 36.4 Å². The second-order valence-electron chi connectivity index (χ2n) is 8.88. The van der Waals surface area contributed by atoms with Gasteiger partial charge in [-0.2, -0.15) is 0 Å². The van der Waals surface area contributed by atoms with Crippen LogP contribution < -0.4 is 25.8 Å². The van der Waals surface area contributed by atoms with E-state index in [1.165, 1.54) is 14.2 Å². The van der Waals surface area contributed by atoms with Crippen LogP contribution in [0.3, 0.4) is 0 Å². The number of benzene rings is 4. The fourth-order valence-electron chi connectivity index (χ4n) is 4.09. The van der Waals surface area contributed by atoms with Gasteiger partial charge in [0.05, 0.1) is 19.9 Å². The number of rotatable bonds is 7. The number of aryl methyl sites for hydroxylation is 2. The number of nitrogens with two attached hydrogens (primary N) is 1. The van der Waals surface area contributed by atoms with Crippen LogP contribution >= 0.6 is 0 Å². The van der Waals surface area contributed by atoms with E-state index < -0.39 is 5.91 Å². The molecule has 8 heteroatoms. The number of methoxy groups -OCH3 is 2. The number of anilines is 1. The molecule has 4 N–H and O–H groups in total. The minimum Gasteiger partial charge on any atom is -0.493 e. The molecule has 0 bridgehead atoms. The summed E-state index contributed by atoms with van der Waals surface area (Å²) in [4.78, 5) is 30.0. The fraction of sp³-hybridized carbons (Fsp3) is 0.129. The summed E-state index contributed by atoms with van der Waals surface area (Å²) in [6, 6.07) is 25.9. The Balaban J connectivity index is 1.47. The average Bonchev–Trinajstić information content (AvgIpc) is 2.94. The maximum Gasteiger partial charge on any atom is 0.258 e. The molecule has 0 saturated carbocycles. The molecular weight excluding hydrogens is 492 g/mol. The number of carbonyl (C=O) groups is 2. The van der Waals surface area contributed by atoms with E-state index in [0.29, 0.717) is 34.0 Å². The first-order valence-electron chi connectivity index (χ1n) is 12.2. The number of hydrogen-bond acceptors (Lipinski definition) is 5. The Morgan fingerprint density at radius 2 is 1.44 bits per heavy atom. The SMILES string of the molecule is COc1cc(C(=O)NC(N)=Nc2ccc(C)c(NC(=O)c3ccc(-c4ccccc4)cc3)c2)cc(C)c1OC. The van der Waals surface area contributed by atoms with Crippen molar-refractivity contribution in [3.8, 4) is 22.6 Å². The molecule has 0 aliphatic heterocycles. The Hall–Kier alpha value is -5.11. The summed E-state index contributed by atoms with van der Waals surface area (Å²) in [5, 5.41) is 5.52. The van der Waals surface area contributed by atoms with Crippen LogP contribution in [0.5, 0.6) is 11.5 Å². The number of aliphatic imine (C=N–C) groups is 1. The van der Waals surface area contributed by atoms with Crippen molar-refractivity contribution >= 4 is 29.1 Å². The normalized spacial score (nSPS) is 11.0. The van der Waals surface area contributed by atoms with E-state index in [1.807, 2.05) is 62.4 Å². The molecule has 0 aliphatic rings. The van der Waals surface area contributed by atoms with Crippen molar-refractivity contribution in [2.75, 3.05) is 19.5 Å². The van der Waals surface area contributed by atoms with Gasteiger partial charge in [-0.05, 0) is 72.5 Å². The number of nitrogens with one attached hydrogen (secondary N) is 2. The van der Waals surface area contributed by atoms with Crippen LogP contribution in [0.4, 0.5) is 11.4 Å². The molecule has 0 radical (unpaired) electrons. The van der Waals surface area contributed by atoms with Gasteiger partial charge in [0.15, 0.2) is 11.5 Å². The Kier molecular flexibility index (Phi) is 8.26. The summed E-state index contributed by atoms with van der Waals surface area (Å²) < 4.78 is 10.6. The monoisotopic (exact) mass is 522 g/mol. The maximum absolute atomic E-state index is 12.9. The van der Waals surface area contributed by atoms with Gasteiger partial charge in [-0.3, -0.25) is 14.9 Å². The summed E-state index contributed by atoms with van der Waals surface area (Å²) in [6.07, 6.45) is 0. The summed E-state index contributed by atoms with van der Waals surface area (Å²) in [5.41, 5.74) is 11.7. The predicted molar refractivity (Wildman–Crippen MR) is 154 cm³/mol. The van der Waals surface area contributed by atoms with Gasteiger partial charge in [0, 0.05) is 16.8 Å². The standard InChI is InChI=1S/C31H30N4O4/c1-19-10-15-25(33-31(32)35-30(37)24-16-20(2)28(39-4)27(17-24)38-3)18-26(19)34-29(36)23-13-11-22(12-14-23)21-8-6-5-7-9-21/h5-18H,1-4H3,(H,34,36)(H3,32,33,35,37). The van der Waals surface area contributed by atoms with Crippen LogP contribution in [0.25, 0.3) is 11.1 Å². The number of nitrogens with zero attached hydrogens (tertiary/aromatic N) is 1. The molecule has 0 atom stereocenters. The number of hydrogen-bond donors (Lipinski definition) is 3. The Labute approximate surface area is 227 Å². The van der Waals surface area contributed by atoms with Crippen LogP contribution in [0, 0.1) is 13.8 Å². The summed E-state index contributed by atoms with van der Waals surface area (Å²) in [7, 11) is 3.04. The van der Waals surface area contributed by atoms with E-state index in [9.17, 15) is 9.59 Å². The highest BCUT2D eigenvalue weighted by Gasteiger charge is 2.15. The first-order valence-corrected chi connectivity index (χ1v) is 12.2. The number of guanidine groups is 1. The molecule has 0 fully saturated rings. The summed E-state index contributed by atoms with van der Waals surface area (Å²) in [5.74, 6) is 0.206. The third-order valence-corrected chi connectivity index (χ3v) is 6.14. The maximum atomic E-state index is 12.9. The molecule has 0 heterocycles. The van der Waals surface area contributed by atoms with Crippen LogP contribution in [0.2, 0.25) is 0 Å². The molecule has 0 aliphatic carbocycles. The van der Waals surface area contributed by atoms with Crippen molar-refractivity contribution in [2.24, 2.45) is 10.7 Å². The van der Waals surface area contributed by atoms with Crippen molar-refractivity contribution in [3.05, 3.63) is 107 Å². The quantitative estimate of drug-likeness (QED) is 0.215. The van der Waals surface area contributed by atoms with Gasteiger partial charge in [-0.25, -0.2) is 4.99 Å². The van der Waals surface area contributed by atoms with Crippen LogP contribution in [0.1, 0.15) is 31.8 Å². The van der Waals surface area contributed by atoms with Crippen molar-refractivity contribution in [1.82, 2.24) is 5.32 Å². The molecule has 198 valence electrons. The molecule has 4 aromatic carbocycles. The van der Waals surface area contributed by atoms with Gasteiger partial charge in [0.2, 0.25) is 5.96 Å². The first kappa shape index (κ1) is 26.9. The highest BCUT2D eigenvalue weighted by atomic mass is 16.5. The predicted octanol–water partition coefficient (Wildman–Crippen LogP) is 5.62. The van der Waals surface area contributed by atoms with Crippen molar-refractivity contribution in [2.45, 2.75) is 13.8 Å². The van der Waals surface area contributed by atoms with Crippen molar-refractivity contribution in [1.29, 1.82) is 0 Å². The smallest absolute Gasteiger partial charge is 0.258 e. The Morgan fingerprint density at radius 3 is 2.10 bits per heavy atom. The third-order valence-electron chi connectivity index (χ3n) is 6.14. The van der Waals surface area contributed by atoms with Crippen molar-refractivity contribution < 1.29 is 19.1 Å². The van der Waals surface area contributed by atoms with Crippen molar-refractivity contribution in [3.63, 3.8) is 0 Å². The fourth-order valence-corrected chi connectivity index (χ4v) is 4.09. The molecule has 2 amide bonds. The molecule has 0 unspecified atom stereocenters. The lowest BCUT2D eigenvalue weighted by atomic mass is 10.0. The Morgan fingerprint density at radius 1 is 0.744 bits per heavy atom. The first-order chi connectivity index (χ1) is 18.8. The van der Waals surface area contributed by atoms with Crippen LogP contribution in [-0.4, -0.2) is 32.0 Å². The summed E-state index contributed by atoms with van der Waals surface area (Å²) >= 11 is 0. The Bertz CT molecular complexity index is 1530. The third kappa shape index (κ3) is 6.42. The molecule has 8 nitrogen and oxygen atoms in total. The van der Waals surface area contributed by atoms with E-state index in [0.717, 1.165) is 22.3 Å². The van der Waals surface area contributed by atoms with E-state index >= 15 is 0 Å². The average molecular weight is 523 g/mol. The molecule has 39 heavy (non-hydrogen) atoms. The lowest BCUT2D eigenvalue weighted by molar-refractivity contribution is 0.0974. The van der Waals surface area contributed by atoms with Crippen LogP contribution in [-0.2, 0) is 0 Å². The molecule has 0 spiro atoms. The van der Waals surface area contributed by atoms with E-state index in [2.05, 4.69) is 15.6 Å². The van der Waals surface area contributed by atoms with Gasteiger partial charge < -0.3 is 20.5 Å². The van der Waals surface area contributed by atoms with Gasteiger partial charge in [0.25, 0.3) is 11.8 Å². The molecule has 4 rings (SSSR count). The second kappa shape index (κ2) is 12.0. The highest BCUT2D eigenvalue weighted by molar-refractivity contribution is 6.07. The minimum atomic E-state index is -0.445. The van der Waals surface area contributed by atoms with Gasteiger partial charge in [0.1, 0.15) is 0 Å². The molecule has 0 saturated heterocycles. The largest absolute Gasteiger partial charge is 0.493 e. The van der Waals surface area contributed by atoms with E-state index in [4.69, 9.17) is 15.2 Å². The summed E-state index contributed by atoms with van der Waals surface area (Å²) in [6.45, 7) is 3.70. The topological polar surface area (TPSA) is 115 Å². The number of carbonyl (C=O) groups excluding carboxylic acids is 2. The zero-order chi connectivity index (χ0) is 27.9. The lowest BCUT2D eigenvalue weighted by Crippen LogP contribution is -2.36. The minimum absolute atomic E-state index is 0.0925. The highest BCUT2D eigenvalue weighted by Crippen LogP contribution is 2.32. The zero-order valence-electron chi connectivity index (χ0n) is 22.2. The van der Waals surface area contributed by atoms with Crippen LogP contribution in [0.15, 0.2) is 89.9 Å².